The number of hydrogen-bond acceptors (Lipinski definition) is 3. The van der Waals surface area contributed by atoms with Crippen LogP contribution in [0.25, 0.3) is 0 Å². The van der Waals surface area contributed by atoms with Crippen LogP contribution in [0.15, 0.2) is 79.0 Å². The van der Waals surface area contributed by atoms with Crippen molar-refractivity contribution in [2.75, 3.05) is 0 Å². The maximum absolute atomic E-state index is 5.92. The number of aromatic nitrogens is 1. The van der Waals surface area contributed by atoms with Gasteiger partial charge in [-0.15, -0.1) is 0 Å². The normalized spacial score (nSPS) is 10.5. The van der Waals surface area contributed by atoms with Crippen molar-refractivity contribution in [3.05, 3.63) is 89.7 Å². The van der Waals surface area contributed by atoms with Gasteiger partial charge in [-0.1, -0.05) is 48.0 Å². The standard InChI is InChI=1S/C18H14ClNO2/c19-14-11-12-17(20-13-14)18(21-15-7-3-1-4-8-15)22-16-9-5-2-6-10-16/h1-13,18H. The molecule has 1 heterocycles. The van der Waals surface area contributed by atoms with Gasteiger partial charge in [0, 0.05) is 6.20 Å². The van der Waals surface area contributed by atoms with E-state index >= 15 is 0 Å². The molecule has 0 aliphatic carbocycles. The molecule has 0 bridgehead atoms. The Morgan fingerprint density at radius 2 is 1.27 bits per heavy atom. The fourth-order valence-electron chi connectivity index (χ4n) is 1.92. The van der Waals surface area contributed by atoms with E-state index in [1.807, 2.05) is 60.7 Å². The second kappa shape index (κ2) is 6.96. The first kappa shape index (κ1) is 14.4. The highest BCUT2D eigenvalue weighted by atomic mass is 35.5. The lowest BCUT2D eigenvalue weighted by atomic mass is 10.3. The molecule has 0 atom stereocenters. The Kier molecular flexibility index (Phi) is 4.56. The van der Waals surface area contributed by atoms with Crippen LogP contribution in [0.2, 0.25) is 5.02 Å². The van der Waals surface area contributed by atoms with Crippen LogP contribution in [0, 0.1) is 0 Å². The molecule has 3 aromatic rings. The van der Waals surface area contributed by atoms with Gasteiger partial charge in [0.1, 0.15) is 17.2 Å². The number of pyridine rings is 1. The van der Waals surface area contributed by atoms with Crippen molar-refractivity contribution in [3.8, 4) is 11.5 Å². The zero-order chi connectivity index (χ0) is 15.2. The van der Waals surface area contributed by atoms with Crippen LogP contribution in [0.1, 0.15) is 12.0 Å². The average molecular weight is 312 g/mol. The highest BCUT2D eigenvalue weighted by molar-refractivity contribution is 6.30. The fourth-order valence-corrected chi connectivity index (χ4v) is 2.03. The SMILES string of the molecule is Clc1ccc(C(Oc2ccccc2)Oc2ccccc2)nc1. The largest absolute Gasteiger partial charge is 0.449 e. The van der Waals surface area contributed by atoms with Gasteiger partial charge in [-0.25, -0.2) is 0 Å². The molecular formula is C18H14ClNO2. The van der Waals surface area contributed by atoms with Crippen LogP contribution in [0.4, 0.5) is 0 Å². The molecule has 3 nitrogen and oxygen atoms in total. The van der Waals surface area contributed by atoms with E-state index in [-0.39, 0.29) is 0 Å². The van der Waals surface area contributed by atoms with Crippen molar-refractivity contribution in [1.29, 1.82) is 0 Å². The Morgan fingerprint density at radius 1 is 0.727 bits per heavy atom. The summed E-state index contributed by atoms with van der Waals surface area (Å²) in [5.41, 5.74) is 0.650. The summed E-state index contributed by atoms with van der Waals surface area (Å²) in [5, 5.41) is 0.571. The van der Waals surface area contributed by atoms with Crippen molar-refractivity contribution >= 4 is 11.6 Å². The first-order valence-electron chi connectivity index (χ1n) is 6.86. The fraction of sp³-hybridized carbons (Fsp3) is 0.0556. The zero-order valence-corrected chi connectivity index (χ0v) is 12.5. The molecule has 0 radical (unpaired) electrons. The Morgan fingerprint density at radius 3 is 1.73 bits per heavy atom. The van der Waals surface area contributed by atoms with Gasteiger partial charge < -0.3 is 9.47 Å². The van der Waals surface area contributed by atoms with E-state index < -0.39 is 6.29 Å². The van der Waals surface area contributed by atoms with Gasteiger partial charge in [-0.2, -0.15) is 0 Å². The highest BCUT2D eigenvalue weighted by Gasteiger charge is 2.17. The lowest BCUT2D eigenvalue weighted by molar-refractivity contribution is 0.000341. The van der Waals surface area contributed by atoms with E-state index in [1.54, 1.807) is 18.3 Å². The summed E-state index contributed by atoms with van der Waals surface area (Å²) in [6, 6.07) is 22.5. The number of hydrogen-bond donors (Lipinski definition) is 0. The highest BCUT2D eigenvalue weighted by Crippen LogP contribution is 2.25. The van der Waals surface area contributed by atoms with Gasteiger partial charge in [-0.3, -0.25) is 4.98 Å². The quantitative estimate of drug-likeness (QED) is 0.629. The predicted molar refractivity (Wildman–Crippen MR) is 86.1 cm³/mol. The maximum Gasteiger partial charge on any atom is 0.284 e. The third kappa shape index (κ3) is 3.77. The first-order valence-corrected chi connectivity index (χ1v) is 7.24. The number of rotatable bonds is 5. The summed E-state index contributed by atoms with van der Waals surface area (Å²) in [4.78, 5) is 4.29. The van der Waals surface area contributed by atoms with Gasteiger partial charge in [-0.05, 0) is 36.4 Å². The molecule has 0 amide bonds. The van der Waals surface area contributed by atoms with E-state index in [2.05, 4.69) is 4.98 Å². The minimum Gasteiger partial charge on any atom is -0.449 e. The topological polar surface area (TPSA) is 31.4 Å². The van der Waals surface area contributed by atoms with Gasteiger partial charge in [0.25, 0.3) is 6.29 Å². The molecule has 0 aliphatic rings. The molecule has 4 heteroatoms. The minimum atomic E-state index is -0.651. The molecule has 1 aromatic heterocycles. The van der Waals surface area contributed by atoms with E-state index in [0.717, 1.165) is 0 Å². The summed E-state index contributed by atoms with van der Waals surface area (Å²) in [7, 11) is 0. The molecule has 110 valence electrons. The van der Waals surface area contributed by atoms with Gasteiger partial charge in [0.15, 0.2) is 0 Å². The molecule has 0 saturated heterocycles. The van der Waals surface area contributed by atoms with Crippen molar-refractivity contribution in [3.63, 3.8) is 0 Å². The van der Waals surface area contributed by atoms with Crippen molar-refractivity contribution in [2.45, 2.75) is 6.29 Å². The van der Waals surface area contributed by atoms with Crippen LogP contribution < -0.4 is 9.47 Å². The average Bonchev–Trinajstić information content (AvgIpc) is 2.57. The molecule has 0 unspecified atom stereocenters. The third-order valence-electron chi connectivity index (χ3n) is 2.96. The summed E-state index contributed by atoms with van der Waals surface area (Å²) in [5.74, 6) is 1.42. The van der Waals surface area contributed by atoms with Gasteiger partial charge >= 0.3 is 0 Å². The molecule has 22 heavy (non-hydrogen) atoms. The summed E-state index contributed by atoms with van der Waals surface area (Å²) < 4.78 is 11.8. The number of ether oxygens (including phenoxy) is 2. The number of nitrogens with zero attached hydrogens (tertiary/aromatic N) is 1. The molecule has 0 aliphatic heterocycles. The van der Waals surface area contributed by atoms with Crippen LogP contribution in [-0.4, -0.2) is 4.98 Å². The van der Waals surface area contributed by atoms with Crippen LogP contribution in [0.3, 0.4) is 0 Å². The monoisotopic (exact) mass is 311 g/mol. The van der Waals surface area contributed by atoms with Crippen molar-refractivity contribution in [1.82, 2.24) is 4.98 Å². The molecule has 0 spiro atoms. The van der Waals surface area contributed by atoms with Crippen molar-refractivity contribution < 1.29 is 9.47 Å². The molecule has 0 fully saturated rings. The minimum absolute atomic E-state index is 0.571. The molecule has 0 saturated carbocycles. The maximum atomic E-state index is 5.92. The number of benzene rings is 2. The Balaban J connectivity index is 1.86. The summed E-state index contributed by atoms with van der Waals surface area (Å²) in [6.07, 6.45) is 0.925. The Bertz CT molecular complexity index is 661. The van der Waals surface area contributed by atoms with E-state index in [9.17, 15) is 0 Å². The number of halogens is 1. The Labute approximate surface area is 134 Å². The molecular weight excluding hydrogens is 298 g/mol. The third-order valence-corrected chi connectivity index (χ3v) is 3.19. The van der Waals surface area contributed by atoms with E-state index in [0.29, 0.717) is 22.2 Å². The molecule has 0 N–H and O–H groups in total. The Hall–Kier alpha value is -2.52. The lowest BCUT2D eigenvalue weighted by Crippen LogP contribution is -2.16. The zero-order valence-electron chi connectivity index (χ0n) is 11.7. The van der Waals surface area contributed by atoms with Crippen molar-refractivity contribution in [2.24, 2.45) is 0 Å². The van der Waals surface area contributed by atoms with Crippen LogP contribution in [-0.2, 0) is 0 Å². The van der Waals surface area contributed by atoms with E-state index in [4.69, 9.17) is 21.1 Å². The molecule has 2 aromatic carbocycles. The van der Waals surface area contributed by atoms with E-state index in [1.165, 1.54) is 0 Å². The van der Waals surface area contributed by atoms with Crippen LogP contribution >= 0.6 is 11.6 Å². The summed E-state index contributed by atoms with van der Waals surface area (Å²) in [6.45, 7) is 0. The lowest BCUT2D eigenvalue weighted by Gasteiger charge is -2.20. The van der Waals surface area contributed by atoms with Gasteiger partial charge in [0.05, 0.1) is 5.02 Å². The molecule has 3 rings (SSSR count). The summed E-state index contributed by atoms with van der Waals surface area (Å²) >= 11 is 5.89. The van der Waals surface area contributed by atoms with Gasteiger partial charge in [0.2, 0.25) is 0 Å². The second-order valence-corrected chi connectivity index (χ2v) is 5.03. The first-order chi connectivity index (χ1) is 10.8. The van der Waals surface area contributed by atoms with Crippen LogP contribution in [0.5, 0.6) is 11.5 Å². The smallest absolute Gasteiger partial charge is 0.284 e. The predicted octanol–water partition coefficient (Wildman–Crippen LogP) is 4.89. The second-order valence-electron chi connectivity index (χ2n) is 4.60. The number of para-hydroxylation sites is 2.